The van der Waals surface area contributed by atoms with Gasteiger partial charge in [-0.25, -0.2) is 0 Å². The lowest BCUT2D eigenvalue weighted by atomic mass is 10.1. The Hall–Kier alpha value is -2.51. The summed E-state index contributed by atoms with van der Waals surface area (Å²) in [6.45, 7) is 3.78. The molecule has 2 rings (SSSR count). The minimum Gasteiger partial charge on any atom is -0.350 e. The van der Waals surface area contributed by atoms with Crippen LogP contribution in [0.2, 0.25) is 0 Å². The third-order valence-electron chi connectivity index (χ3n) is 3.02. The number of carbonyl (C=O) groups is 2. The average molecular weight is 374 g/mol. The summed E-state index contributed by atoms with van der Waals surface area (Å²) in [6, 6.07) is 10.8. The molecule has 0 atom stereocenters. The number of benzene rings is 1. The molecule has 1 aromatic carbocycles. The average Bonchev–Trinajstić information content (AvgIpc) is 3.06. The van der Waals surface area contributed by atoms with Crippen LogP contribution in [0.5, 0.6) is 0 Å². The van der Waals surface area contributed by atoms with Gasteiger partial charge in [0.1, 0.15) is 0 Å². The molecular formula is C18H19N3O2S2. The summed E-state index contributed by atoms with van der Waals surface area (Å²) in [5, 5.41) is 10.4. The van der Waals surface area contributed by atoms with Gasteiger partial charge in [-0.05, 0) is 55.7 Å². The first-order chi connectivity index (χ1) is 12.0. The first-order valence-corrected chi connectivity index (χ1v) is 8.98. The predicted octanol–water partition coefficient (Wildman–Crippen LogP) is 3.41. The van der Waals surface area contributed by atoms with Gasteiger partial charge in [-0.2, -0.15) is 0 Å². The van der Waals surface area contributed by atoms with Crippen molar-refractivity contribution < 1.29 is 9.59 Å². The number of para-hydroxylation sites is 1. The lowest BCUT2D eigenvalue weighted by Crippen LogP contribution is -2.34. The standard InChI is InChI=1S/C18H19N3O2S2/c1-12(2)19-17(23)14-7-3-4-8-15(14)20-18(24)21-16(22)10-9-13-6-5-11-25-13/h3-12H,1-2H3,(H,19,23)(H2,20,21,22,24)/b10-9+. The van der Waals surface area contributed by atoms with Gasteiger partial charge in [0.2, 0.25) is 5.91 Å². The zero-order chi connectivity index (χ0) is 18.2. The number of nitrogens with one attached hydrogen (secondary N) is 3. The molecule has 0 aliphatic carbocycles. The van der Waals surface area contributed by atoms with Crippen LogP contribution in [0.4, 0.5) is 5.69 Å². The van der Waals surface area contributed by atoms with E-state index < -0.39 is 0 Å². The van der Waals surface area contributed by atoms with Crippen molar-refractivity contribution >= 4 is 52.2 Å². The number of hydrogen-bond acceptors (Lipinski definition) is 4. The van der Waals surface area contributed by atoms with Gasteiger partial charge in [0.05, 0.1) is 11.3 Å². The second-order valence-corrected chi connectivity index (χ2v) is 6.85. The Morgan fingerprint density at radius 3 is 2.60 bits per heavy atom. The Morgan fingerprint density at radius 1 is 1.16 bits per heavy atom. The minimum absolute atomic E-state index is 0.0228. The zero-order valence-corrected chi connectivity index (χ0v) is 15.5. The molecule has 5 nitrogen and oxygen atoms in total. The van der Waals surface area contributed by atoms with Crippen LogP contribution < -0.4 is 16.0 Å². The van der Waals surface area contributed by atoms with Crippen molar-refractivity contribution in [3.63, 3.8) is 0 Å². The van der Waals surface area contributed by atoms with Crippen LogP contribution in [0.25, 0.3) is 6.08 Å². The van der Waals surface area contributed by atoms with Crippen LogP contribution in [0, 0.1) is 0 Å². The summed E-state index contributed by atoms with van der Waals surface area (Å²) in [4.78, 5) is 25.1. The third kappa shape index (κ3) is 6.13. The van der Waals surface area contributed by atoms with E-state index >= 15 is 0 Å². The van der Waals surface area contributed by atoms with Crippen molar-refractivity contribution in [2.45, 2.75) is 19.9 Å². The molecule has 0 radical (unpaired) electrons. The SMILES string of the molecule is CC(C)NC(=O)c1ccccc1NC(=S)NC(=O)/C=C/c1cccs1. The number of anilines is 1. The molecule has 2 amide bonds. The molecule has 0 unspecified atom stereocenters. The third-order valence-corrected chi connectivity index (χ3v) is 4.06. The van der Waals surface area contributed by atoms with Gasteiger partial charge in [0, 0.05) is 17.0 Å². The summed E-state index contributed by atoms with van der Waals surface area (Å²) in [5.41, 5.74) is 0.995. The number of thiophene rings is 1. The number of hydrogen-bond donors (Lipinski definition) is 3. The molecule has 0 aliphatic heterocycles. The molecule has 0 saturated carbocycles. The van der Waals surface area contributed by atoms with E-state index in [-0.39, 0.29) is 23.0 Å². The second kappa shape index (κ2) is 9.10. The second-order valence-electron chi connectivity index (χ2n) is 5.47. The van der Waals surface area contributed by atoms with E-state index in [1.165, 1.54) is 17.4 Å². The number of amides is 2. The van der Waals surface area contributed by atoms with Gasteiger partial charge < -0.3 is 10.6 Å². The quantitative estimate of drug-likeness (QED) is 0.555. The van der Waals surface area contributed by atoms with E-state index in [1.807, 2.05) is 31.4 Å². The van der Waals surface area contributed by atoms with Crippen molar-refractivity contribution in [1.29, 1.82) is 0 Å². The smallest absolute Gasteiger partial charge is 0.253 e. The largest absolute Gasteiger partial charge is 0.350 e. The fourth-order valence-corrected chi connectivity index (χ4v) is 2.81. The van der Waals surface area contributed by atoms with Crippen molar-refractivity contribution in [3.8, 4) is 0 Å². The maximum Gasteiger partial charge on any atom is 0.253 e. The molecule has 0 spiro atoms. The highest BCUT2D eigenvalue weighted by molar-refractivity contribution is 7.80. The summed E-state index contributed by atoms with van der Waals surface area (Å²) < 4.78 is 0. The van der Waals surface area contributed by atoms with E-state index in [2.05, 4.69) is 16.0 Å². The summed E-state index contributed by atoms with van der Waals surface area (Å²) in [5.74, 6) is -0.542. The van der Waals surface area contributed by atoms with Gasteiger partial charge in [0.15, 0.2) is 5.11 Å². The first-order valence-electron chi connectivity index (χ1n) is 7.69. The van der Waals surface area contributed by atoms with Crippen molar-refractivity contribution in [2.75, 3.05) is 5.32 Å². The molecule has 1 aromatic heterocycles. The van der Waals surface area contributed by atoms with E-state index in [0.717, 1.165) is 4.88 Å². The van der Waals surface area contributed by atoms with Gasteiger partial charge in [-0.3, -0.25) is 14.9 Å². The fourth-order valence-electron chi connectivity index (χ4n) is 1.98. The molecule has 3 N–H and O–H groups in total. The number of carbonyl (C=O) groups excluding carboxylic acids is 2. The van der Waals surface area contributed by atoms with Crippen LogP contribution in [0.1, 0.15) is 29.1 Å². The van der Waals surface area contributed by atoms with E-state index in [1.54, 1.807) is 30.3 Å². The highest BCUT2D eigenvalue weighted by Gasteiger charge is 2.13. The summed E-state index contributed by atoms with van der Waals surface area (Å²) in [7, 11) is 0. The van der Waals surface area contributed by atoms with Crippen LogP contribution in [-0.2, 0) is 4.79 Å². The Kier molecular flexibility index (Phi) is 6.85. The van der Waals surface area contributed by atoms with Crippen molar-refractivity contribution in [3.05, 3.63) is 58.3 Å². The summed E-state index contributed by atoms with van der Waals surface area (Å²) in [6.07, 6.45) is 3.13. The lowest BCUT2D eigenvalue weighted by molar-refractivity contribution is -0.115. The zero-order valence-electron chi connectivity index (χ0n) is 13.9. The maximum absolute atomic E-state index is 12.2. The van der Waals surface area contributed by atoms with E-state index in [0.29, 0.717) is 11.3 Å². The van der Waals surface area contributed by atoms with E-state index in [4.69, 9.17) is 12.2 Å². The highest BCUT2D eigenvalue weighted by Crippen LogP contribution is 2.15. The van der Waals surface area contributed by atoms with Gasteiger partial charge in [0.25, 0.3) is 5.91 Å². The molecule has 0 bridgehead atoms. The topological polar surface area (TPSA) is 70.2 Å². The monoisotopic (exact) mass is 373 g/mol. The van der Waals surface area contributed by atoms with Gasteiger partial charge in [-0.1, -0.05) is 18.2 Å². The van der Waals surface area contributed by atoms with Crippen LogP contribution in [-0.4, -0.2) is 23.0 Å². The predicted molar refractivity (Wildman–Crippen MR) is 107 cm³/mol. The highest BCUT2D eigenvalue weighted by atomic mass is 32.1. The maximum atomic E-state index is 12.2. The lowest BCUT2D eigenvalue weighted by Gasteiger charge is -2.14. The fraction of sp³-hybridized carbons (Fsp3) is 0.167. The van der Waals surface area contributed by atoms with Crippen molar-refractivity contribution in [1.82, 2.24) is 10.6 Å². The Labute approximate surface area is 156 Å². The Balaban J connectivity index is 1.98. The normalized spacial score (nSPS) is 10.7. The van der Waals surface area contributed by atoms with E-state index in [9.17, 15) is 9.59 Å². The van der Waals surface area contributed by atoms with Gasteiger partial charge >= 0.3 is 0 Å². The van der Waals surface area contributed by atoms with Gasteiger partial charge in [-0.15, -0.1) is 11.3 Å². The molecule has 25 heavy (non-hydrogen) atoms. The molecule has 130 valence electrons. The van der Waals surface area contributed by atoms with Crippen molar-refractivity contribution in [2.24, 2.45) is 0 Å². The molecule has 7 heteroatoms. The molecular weight excluding hydrogens is 354 g/mol. The number of rotatable bonds is 5. The number of thiocarbonyl (C=S) groups is 1. The van der Waals surface area contributed by atoms with Crippen LogP contribution in [0.15, 0.2) is 47.9 Å². The minimum atomic E-state index is -0.338. The van der Waals surface area contributed by atoms with Crippen LogP contribution >= 0.6 is 23.6 Å². The summed E-state index contributed by atoms with van der Waals surface area (Å²) >= 11 is 6.69. The molecule has 1 heterocycles. The van der Waals surface area contributed by atoms with Crippen LogP contribution in [0.3, 0.4) is 0 Å². The molecule has 0 fully saturated rings. The molecule has 0 aliphatic rings. The Morgan fingerprint density at radius 2 is 1.92 bits per heavy atom. The first kappa shape index (κ1) is 18.8. The molecule has 2 aromatic rings. The Bertz CT molecular complexity index is 783. The molecule has 0 saturated heterocycles.